The maximum Gasteiger partial charge on any atom is 0.404 e. The van der Waals surface area contributed by atoms with E-state index in [1.165, 1.54) is 7.11 Å². The van der Waals surface area contributed by atoms with Gasteiger partial charge in [-0.3, -0.25) is 0 Å². The Labute approximate surface area is 81.9 Å². The molecule has 0 bridgehead atoms. The summed E-state index contributed by atoms with van der Waals surface area (Å²) in [5.74, 6) is -0.394. The third kappa shape index (κ3) is 24.9. The molecule has 0 atom stereocenters. The van der Waals surface area contributed by atoms with Crippen LogP contribution >= 0.6 is 0 Å². The third-order valence-electron chi connectivity index (χ3n) is 0.654. The molecule has 0 rings (SSSR count). The van der Waals surface area contributed by atoms with Crippen molar-refractivity contribution in [2.45, 2.75) is 6.92 Å². The summed E-state index contributed by atoms with van der Waals surface area (Å²) in [5.41, 5.74) is 4.54. The van der Waals surface area contributed by atoms with Gasteiger partial charge in [0, 0.05) is 6.08 Å². The molecule has 78 valence electrons. The van der Waals surface area contributed by atoms with Crippen LogP contribution in [0.15, 0.2) is 12.7 Å². The van der Waals surface area contributed by atoms with Crippen LogP contribution in [-0.2, 0) is 14.3 Å². The van der Waals surface area contributed by atoms with Gasteiger partial charge in [0.15, 0.2) is 0 Å². The molecular weight excluding hydrogens is 190 g/mol. The van der Waals surface area contributed by atoms with E-state index < -0.39 is 12.1 Å². The summed E-state index contributed by atoms with van der Waals surface area (Å²) in [7, 11) is 1.31. The summed E-state index contributed by atoms with van der Waals surface area (Å²) >= 11 is 0. The van der Waals surface area contributed by atoms with Crippen molar-refractivity contribution in [1.82, 2.24) is 0 Å². The molecule has 0 heterocycles. The van der Waals surface area contributed by atoms with Gasteiger partial charge in [0.1, 0.15) is 0 Å². The van der Waals surface area contributed by atoms with E-state index in [0.29, 0.717) is 6.61 Å². The number of rotatable bonds is 2. The van der Waals surface area contributed by atoms with Gasteiger partial charge in [0.2, 0.25) is 0 Å². The first-order chi connectivity index (χ1) is 5.58. The largest absolute Gasteiger partial charge is 0.466 e. The molecule has 0 spiro atoms. The number of nitrogens with two attached hydrogens (primary N) is 1. The topological polar surface area (TPSA) is 78.6 Å². The van der Waals surface area contributed by atoms with Crippen molar-refractivity contribution >= 4 is 23.0 Å². The zero-order chi connectivity index (χ0) is 9.98. The van der Waals surface area contributed by atoms with Gasteiger partial charge in [-0.2, -0.15) is 0 Å². The predicted octanol–water partition coefficient (Wildman–Crippen LogP) is -1.00. The molecular formula is C7H17NO4Si. The lowest BCUT2D eigenvalue weighted by atomic mass is 10.7. The molecule has 1 amide bonds. The van der Waals surface area contributed by atoms with E-state index in [1.807, 2.05) is 0 Å². The highest BCUT2D eigenvalue weighted by Gasteiger charge is 1.82. The highest BCUT2D eigenvalue weighted by atomic mass is 28.1. The lowest BCUT2D eigenvalue weighted by Crippen LogP contribution is -2.11. The van der Waals surface area contributed by atoms with Crippen LogP contribution in [0.3, 0.4) is 0 Å². The number of hydrogen-bond donors (Lipinski definition) is 1. The Kier molecular flexibility index (Phi) is 18.1. The lowest BCUT2D eigenvalue weighted by molar-refractivity contribution is -0.134. The Morgan fingerprint density at radius 3 is 2.00 bits per heavy atom. The number of methoxy groups -OCH3 is 1. The van der Waals surface area contributed by atoms with Crippen molar-refractivity contribution in [3.63, 3.8) is 0 Å². The van der Waals surface area contributed by atoms with Crippen molar-refractivity contribution in [3.8, 4) is 0 Å². The van der Waals surface area contributed by atoms with Gasteiger partial charge in [-0.05, 0) is 17.9 Å². The maximum atomic E-state index is 9.84. The fourth-order valence-electron chi connectivity index (χ4n) is 0.226. The summed E-state index contributed by atoms with van der Waals surface area (Å²) in [6, 6.07) is 0. The molecule has 2 N–H and O–H groups in total. The average molecular weight is 207 g/mol. The molecule has 13 heavy (non-hydrogen) atoms. The molecule has 0 aromatic heterocycles. The van der Waals surface area contributed by atoms with Gasteiger partial charge >= 0.3 is 12.1 Å². The van der Waals surface area contributed by atoms with Crippen LogP contribution in [0.1, 0.15) is 6.92 Å². The Morgan fingerprint density at radius 1 is 1.54 bits per heavy atom. The van der Waals surface area contributed by atoms with Crippen molar-refractivity contribution in [2.75, 3.05) is 13.7 Å². The zero-order valence-electron chi connectivity index (χ0n) is 7.20. The van der Waals surface area contributed by atoms with Gasteiger partial charge in [0.05, 0.1) is 13.7 Å². The second-order valence-electron chi connectivity index (χ2n) is 1.48. The molecule has 0 fully saturated rings. The van der Waals surface area contributed by atoms with Gasteiger partial charge in [-0.25, -0.2) is 9.59 Å². The first kappa shape index (κ1) is 17.7. The average Bonchev–Trinajstić information content (AvgIpc) is 2.04. The van der Waals surface area contributed by atoms with Crippen LogP contribution in [0.5, 0.6) is 0 Å². The summed E-state index contributed by atoms with van der Waals surface area (Å²) in [5, 5.41) is 0. The third-order valence-corrected chi connectivity index (χ3v) is 0.654. The van der Waals surface area contributed by atoms with Crippen molar-refractivity contribution < 1.29 is 19.1 Å². The van der Waals surface area contributed by atoms with Gasteiger partial charge in [0.25, 0.3) is 0 Å². The molecule has 0 radical (unpaired) electrons. The summed E-state index contributed by atoms with van der Waals surface area (Å²) in [6.45, 7) is 5.21. The monoisotopic (exact) mass is 207 g/mol. The highest BCUT2D eigenvalue weighted by Crippen LogP contribution is 1.67. The van der Waals surface area contributed by atoms with Crippen molar-refractivity contribution in [1.29, 1.82) is 0 Å². The van der Waals surface area contributed by atoms with Crippen LogP contribution in [0, 0.1) is 0 Å². The van der Waals surface area contributed by atoms with Crippen molar-refractivity contribution in [2.24, 2.45) is 5.73 Å². The zero-order valence-corrected chi connectivity index (χ0v) is 7.20. The number of carbonyl (C=O) groups is 2. The summed E-state index contributed by atoms with van der Waals surface area (Å²) < 4.78 is 8.32. The summed E-state index contributed by atoms with van der Waals surface area (Å²) in [6.07, 6.45) is 0.400. The van der Waals surface area contributed by atoms with E-state index in [2.05, 4.69) is 21.8 Å². The smallest absolute Gasteiger partial charge is 0.404 e. The highest BCUT2D eigenvalue weighted by molar-refractivity contribution is 5.80. The fourth-order valence-corrected chi connectivity index (χ4v) is 0.226. The Bertz CT molecular complexity index is 161. The SMILES string of the molecule is C=CC(=O)OC.CCOC(N)=O.[SiH4]. The fraction of sp³-hybridized carbons (Fsp3) is 0.429. The van der Waals surface area contributed by atoms with E-state index in [9.17, 15) is 9.59 Å². The number of esters is 1. The molecule has 5 nitrogen and oxygen atoms in total. The van der Waals surface area contributed by atoms with E-state index in [0.717, 1.165) is 6.08 Å². The Hall–Kier alpha value is -1.30. The number of carbonyl (C=O) groups excluding carboxylic acids is 2. The minimum absolute atomic E-state index is 0. The molecule has 0 unspecified atom stereocenters. The second-order valence-corrected chi connectivity index (χ2v) is 1.48. The van der Waals surface area contributed by atoms with Crippen LogP contribution < -0.4 is 5.73 Å². The molecule has 0 aliphatic heterocycles. The minimum atomic E-state index is -0.711. The van der Waals surface area contributed by atoms with E-state index >= 15 is 0 Å². The Morgan fingerprint density at radius 2 is 2.00 bits per heavy atom. The molecule has 0 aromatic carbocycles. The number of hydrogen-bond acceptors (Lipinski definition) is 4. The molecule has 0 saturated carbocycles. The van der Waals surface area contributed by atoms with Gasteiger partial charge in [-0.15, -0.1) is 0 Å². The van der Waals surface area contributed by atoms with E-state index in [1.54, 1.807) is 6.92 Å². The lowest BCUT2D eigenvalue weighted by Gasteiger charge is -1.89. The molecule has 0 aliphatic rings. The standard InChI is InChI=1S/C4H6O2.C3H7NO2.H4Si/c1-3-4(5)6-2;1-2-6-3(4)5;/h3H,1H2,2H3;2H2,1H3,(H2,4,5);1H4. The predicted molar refractivity (Wildman–Crippen MR) is 54.8 cm³/mol. The first-order valence-corrected chi connectivity index (χ1v) is 3.21. The van der Waals surface area contributed by atoms with Crippen LogP contribution in [-0.4, -0.2) is 36.7 Å². The normalized spacial score (nSPS) is 6.62. The van der Waals surface area contributed by atoms with Gasteiger partial charge < -0.3 is 15.2 Å². The molecule has 0 aliphatic carbocycles. The van der Waals surface area contributed by atoms with Crippen molar-refractivity contribution in [3.05, 3.63) is 12.7 Å². The molecule has 0 aromatic rings. The quantitative estimate of drug-likeness (QED) is 0.358. The first-order valence-electron chi connectivity index (χ1n) is 3.21. The van der Waals surface area contributed by atoms with Gasteiger partial charge in [-0.1, -0.05) is 6.58 Å². The number of ether oxygens (including phenoxy) is 2. The van der Waals surface area contributed by atoms with Crippen LogP contribution in [0.25, 0.3) is 0 Å². The number of primary amides is 1. The van der Waals surface area contributed by atoms with E-state index in [4.69, 9.17) is 0 Å². The molecule has 0 saturated heterocycles. The summed E-state index contributed by atoms with van der Waals surface area (Å²) in [4.78, 5) is 19.4. The second kappa shape index (κ2) is 13.3. The molecule has 6 heteroatoms. The minimum Gasteiger partial charge on any atom is -0.466 e. The Balaban J connectivity index is -0.000000143. The number of amides is 1. The maximum absolute atomic E-state index is 9.84. The van der Waals surface area contributed by atoms with E-state index in [-0.39, 0.29) is 11.0 Å². The van der Waals surface area contributed by atoms with Crippen LogP contribution in [0.4, 0.5) is 4.79 Å². The van der Waals surface area contributed by atoms with Crippen LogP contribution in [0.2, 0.25) is 0 Å².